The number of benzene rings is 1. The zero-order valence-electron chi connectivity index (χ0n) is 12.6. The number of nitrogens with one attached hydrogen (secondary N) is 1. The molecule has 2 heterocycles. The largest absolute Gasteiger partial charge is 0.433 e. The minimum absolute atomic E-state index is 0.0224. The predicted octanol–water partition coefficient (Wildman–Crippen LogP) is 3.31. The fourth-order valence-corrected chi connectivity index (χ4v) is 2.29. The van der Waals surface area contributed by atoms with Crippen LogP contribution in [-0.4, -0.2) is 27.2 Å². The van der Waals surface area contributed by atoms with Gasteiger partial charge in [0.25, 0.3) is 0 Å². The van der Waals surface area contributed by atoms with Crippen molar-refractivity contribution < 1.29 is 18.7 Å². The topological polar surface area (TPSA) is 137 Å². The monoisotopic (exact) mass is 395 g/mol. The summed E-state index contributed by atoms with van der Waals surface area (Å²) in [5.74, 6) is -1.85. The van der Waals surface area contributed by atoms with E-state index in [0.717, 1.165) is 6.07 Å². The van der Waals surface area contributed by atoms with Crippen molar-refractivity contribution >= 4 is 41.2 Å². The molecule has 0 atom stereocenters. The third-order valence-corrected chi connectivity index (χ3v) is 3.63. The quantitative estimate of drug-likeness (QED) is 0.397. The van der Waals surface area contributed by atoms with Gasteiger partial charge < -0.3 is 8.94 Å². The zero-order chi connectivity index (χ0) is 18.7. The number of aromatic nitrogens is 2. The third-order valence-electron chi connectivity index (χ3n) is 2.97. The van der Waals surface area contributed by atoms with Gasteiger partial charge in [0, 0.05) is 5.56 Å². The molecule has 1 N–H and O–H groups in total. The molecular weight excluding hydrogens is 389 g/mol. The van der Waals surface area contributed by atoms with Gasteiger partial charge in [-0.1, -0.05) is 34.4 Å². The lowest BCUT2D eigenvalue weighted by molar-refractivity contribution is -0.401. The van der Waals surface area contributed by atoms with Crippen LogP contribution in [0.1, 0.15) is 16.2 Å². The van der Waals surface area contributed by atoms with Crippen molar-refractivity contribution in [3.8, 4) is 11.6 Å². The van der Waals surface area contributed by atoms with Gasteiger partial charge in [0.1, 0.15) is 4.92 Å². The number of nitrogens with zero attached hydrogens (tertiary/aromatic N) is 4. The number of furan rings is 1. The normalized spacial score (nSPS) is 11.0. The van der Waals surface area contributed by atoms with Gasteiger partial charge in [-0.15, -0.1) is 0 Å². The number of rotatable bonds is 5. The molecule has 0 spiro atoms. The first-order chi connectivity index (χ1) is 12.5. The molecule has 0 aliphatic heterocycles. The highest BCUT2D eigenvalue weighted by Crippen LogP contribution is 2.24. The summed E-state index contributed by atoms with van der Waals surface area (Å²) in [6.45, 7) is 0. The van der Waals surface area contributed by atoms with Crippen molar-refractivity contribution in [2.75, 3.05) is 0 Å². The summed E-state index contributed by atoms with van der Waals surface area (Å²) in [6.07, 6.45) is 1.26. The second kappa shape index (κ2) is 7.33. The Morgan fingerprint density at radius 2 is 2.00 bits per heavy atom. The molecule has 132 valence electrons. The minimum Gasteiger partial charge on any atom is -0.397 e. The van der Waals surface area contributed by atoms with E-state index < -0.39 is 22.6 Å². The fraction of sp³-hybridized carbons (Fsp3) is 0. The molecular formula is C14H7Cl2N5O5. The summed E-state index contributed by atoms with van der Waals surface area (Å²) in [5, 5.41) is 18.5. The van der Waals surface area contributed by atoms with E-state index in [1.54, 1.807) is 18.2 Å². The van der Waals surface area contributed by atoms with Crippen LogP contribution in [-0.2, 0) is 0 Å². The van der Waals surface area contributed by atoms with Crippen molar-refractivity contribution in [1.82, 2.24) is 15.6 Å². The maximum absolute atomic E-state index is 11.9. The van der Waals surface area contributed by atoms with Gasteiger partial charge >= 0.3 is 17.7 Å². The molecule has 2 aromatic heterocycles. The summed E-state index contributed by atoms with van der Waals surface area (Å²) in [5.41, 5.74) is 2.59. The van der Waals surface area contributed by atoms with Crippen LogP contribution < -0.4 is 5.43 Å². The van der Waals surface area contributed by atoms with Gasteiger partial charge in [-0.05, 0) is 18.2 Å². The molecule has 26 heavy (non-hydrogen) atoms. The molecule has 1 aromatic carbocycles. The Labute approximate surface area is 154 Å². The third kappa shape index (κ3) is 3.71. The van der Waals surface area contributed by atoms with Crippen LogP contribution in [0.15, 0.2) is 44.4 Å². The van der Waals surface area contributed by atoms with E-state index in [1.165, 1.54) is 12.3 Å². The van der Waals surface area contributed by atoms with Crippen molar-refractivity contribution in [2.24, 2.45) is 5.10 Å². The van der Waals surface area contributed by atoms with Crippen LogP contribution in [0.3, 0.4) is 0 Å². The van der Waals surface area contributed by atoms with Crippen LogP contribution in [0.4, 0.5) is 5.88 Å². The van der Waals surface area contributed by atoms with E-state index in [9.17, 15) is 14.9 Å². The van der Waals surface area contributed by atoms with Crippen LogP contribution in [0.2, 0.25) is 10.0 Å². The Morgan fingerprint density at radius 3 is 2.65 bits per heavy atom. The number of amides is 1. The number of carbonyl (C=O) groups excluding carboxylic acids is 1. The average Bonchev–Trinajstić information content (AvgIpc) is 3.26. The van der Waals surface area contributed by atoms with E-state index in [0.29, 0.717) is 15.6 Å². The van der Waals surface area contributed by atoms with E-state index >= 15 is 0 Å². The maximum atomic E-state index is 11.9. The summed E-state index contributed by atoms with van der Waals surface area (Å²) in [4.78, 5) is 25.6. The average molecular weight is 396 g/mol. The van der Waals surface area contributed by atoms with E-state index in [4.69, 9.17) is 32.1 Å². The van der Waals surface area contributed by atoms with E-state index in [-0.39, 0.29) is 11.6 Å². The molecule has 0 aliphatic carbocycles. The first-order valence-corrected chi connectivity index (χ1v) is 7.57. The van der Waals surface area contributed by atoms with Crippen molar-refractivity contribution in [3.05, 3.63) is 61.9 Å². The van der Waals surface area contributed by atoms with Crippen LogP contribution >= 0.6 is 23.2 Å². The Bertz CT molecular complexity index is 993. The highest BCUT2D eigenvalue weighted by Gasteiger charge is 2.20. The van der Waals surface area contributed by atoms with Gasteiger partial charge in [-0.25, -0.2) is 5.43 Å². The second-order valence-corrected chi connectivity index (χ2v) is 5.47. The number of nitro groups is 1. The molecule has 12 heteroatoms. The summed E-state index contributed by atoms with van der Waals surface area (Å²) < 4.78 is 9.69. The van der Waals surface area contributed by atoms with Crippen molar-refractivity contribution in [2.45, 2.75) is 0 Å². The molecule has 0 saturated heterocycles. The minimum atomic E-state index is -0.802. The van der Waals surface area contributed by atoms with Crippen LogP contribution in [0, 0.1) is 10.1 Å². The SMILES string of the molecule is O=C(N/N=C\c1c(Cl)cccc1Cl)c1nc(-c2ccc([N+](=O)[O-])o2)no1. The zero-order valence-corrected chi connectivity index (χ0v) is 14.1. The molecule has 1 amide bonds. The van der Waals surface area contributed by atoms with Crippen molar-refractivity contribution in [3.63, 3.8) is 0 Å². The van der Waals surface area contributed by atoms with Gasteiger partial charge in [0.15, 0.2) is 5.76 Å². The molecule has 3 aromatic rings. The Hall–Kier alpha value is -3.24. The van der Waals surface area contributed by atoms with Crippen LogP contribution in [0.25, 0.3) is 11.6 Å². The van der Waals surface area contributed by atoms with Crippen molar-refractivity contribution in [1.29, 1.82) is 0 Å². The molecule has 3 rings (SSSR count). The fourth-order valence-electron chi connectivity index (χ4n) is 1.80. The lowest BCUT2D eigenvalue weighted by Gasteiger charge is -2.00. The molecule has 0 radical (unpaired) electrons. The Balaban J connectivity index is 1.70. The van der Waals surface area contributed by atoms with Gasteiger partial charge in [-0.3, -0.25) is 14.9 Å². The van der Waals surface area contributed by atoms with Gasteiger partial charge in [-0.2, -0.15) is 10.1 Å². The first-order valence-electron chi connectivity index (χ1n) is 6.81. The standard InChI is InChI=1S/C14H7Cl2N5O5/c15-8-2-1-3-9(16)7(8)6-17-19-13(22)14-18-12(20-26-14)10-4-5-11(25-10)21(23)24/h1-6H,(H,19,22)/b17-6-. The van der Waals surface area contributed by atoms with E-state index in [2.05, 4.69) is 20.7 Å². The molecule has 0 bridgehead atoms. The number of hydrogen-bond acceptors (Lipinski definition) is 8. The molecule has 10 nitrogen and oxygen atoms in total. The Morgan fingerprint density at radius 1 is 1.27 bits per heavy atom. The number of halogens is 2. The molecule has 0 unspecified atom stereocenters. The number of hydrogen-bond donors (Lipinski definition) is 1. The molecule has 0 aliphatic rings. The predicted molar refractivity (Wildman–Crippen MR) is 90.2 cm³/mol. The number of hydrazone groups is 1. The molecule has 0 saturated carbocycles. The lowest BCUT2D eigenvalue weighted by atomic mass is 10.2. The summed E-state index contributed by atoms with van der Waals surface area (Å²) in [6, 6.07) is 7.30. The first kappa shape index (κ1) is 17.6. The second-order valence-electron chi connectivity index (χ2n) is 4.65. The smallest absolute Gasteiger partial charge is 0.397 e. The summed E-state index contributed by atoms with van der Waals surface area (Å²) in [7, 11) is 0. The van der Waals surface area contributed by atoms with Gasteiger partial charge in [0.05, 0.1) is 22.3 Å². The van der Waals surface area contributed by atoms with E-state index in [1.807, 2.05) is 0 Å². The summed E-state index contributed by atoms with van der Waals surface area (Å²) >= 11 is 11.9. The Kier molecular flexibility index (Phi) is 4.96. The van der Waals surface area contributed by atoms with Crippen LogP contribution in [0.5, 0.6) is 0 Å². The highest BCUT2D eigenvalue weighted by atomic mass is 35.5. The lowest BCUT2D eigenvalue weighted by Crippen LogP contribution is -2.18. The number of carbonyl (C=O) groups is 1. The molecule has 0 fully saturated rings. The highest BCUT2D eigenvalue weighted by molar-refractivity contribution is 6.38. The van der Waals surface area contributed by atoms with Gasteiger partial charge in [0.2, 0.25) is 5.82 Å². The maximum Gasteiger partial charge on any atom is 0.433 e.